The van der Waals surface area contributed by atoms with E-state index in [0.29, 0.717) is 18.1 Å². The summed E-state index contributed by atoms with van der Waals surface area (Å²) in [5, 5.41) is 0. The molecule has 0 unspecified atom stereocenters. The van der Waals surface area contributed by atoms with E-state index < -0.39 is 0 Å². The molecule has 0 aliphatic heterocycles. The van der Waals surface area contributed by atoms with Crippen molar-refractivity contribution in [3.8, 4) is 23.0 Å². The van der Waals surface area contributed by atoms with Gasteiger partial charge >= 0.3 is 0 Å². The molecule has 3 aromatic rings. The van der Waals surface area contributed by atoms with Gasteiger partial charge in [-0.1, -0.05) is 30.9 Å². The standard InChI is InChI=1S/C23H21NO3/c1-3-15-26-22-14-9-18(16-23(22)25-2)17-24-19-10-12-21(13-11-19)27-20-7-5-4-6-8-20/h3-14,16-17H,1,15H2,2H3. The zero-order valence-corrected chi connectivity index (χ0v) is 15.2. The van der Waals surface area contributed by atoms with Gasteiger partial charge in [0.15, 0.2) is 11.5 Å². The molecule has 0 aliphatic carbocycles. The van der Waals surface area contributed by atoms with Crippen molar-refractivity contribution in [1.82, 2.24) is 0 Å². The second kappa shape index (κ2) is 9.25. The highest BCUT2D eigenvalue weighted by atomic mass is 16.5. The Kier molecular flexibility index (Phi) is 6.26. The quantitative estimate of drug-likeness (QED) is 0.377. The number of rotatable bonds is 8. The Labute approximate surface area is 159 Å². The summed E-state index contributed by atoms with van der Waals surface area (Å²) in [6.45, 7) is 4.08. The summed E-state index contributed by atoms with van der Waals surface area (Å²) in [5.41, 5.74) is 1.75. The molecule has 136 valence electrons. The van der Waals surface area contributed by atoms with Gasteiger partial charge in [-0.25, -0.2) is 0 Å². The highest BCUT2D eigenvalue weighted by Gasteiger charge is 2.04. The molecule has 3 rings (SSSR count). The first-order valence-corrected chi connectivity index (χ1v) is 8.57. The Morgan fingerprint density at radius 1 is 0.889 bits per heavy atom. The van der Waals surface area contributed by atoms with Crippen LogP contribution in [0.3, 0.4) is 0 Å². The second-order valence-corrected chi connectivity index (χ2v) is 5.68. The number of methoxy groups -OCH3 is 1. The molecular formula is C23H21NO3. The Bertz CT molecular complexity index is 903. The molecule has 0 radical (unpaired) electrons. The van der Waals surface area contributed by atoms with E-state index in [1.54, 1.807) is 19.4 Å². The lowest BCUT2D eigenvalue weighted by atomic mass is 10.2. The van der Waals surface area contributed by atoms with Crippen molar-refractivity contribution < 1.29 is 14.2 Å². The molecule has 0 amide bonds. The van der Waals surface area contributed by atoms with Crippen LogP contribution in [-0.4, -0.2) is 19.9 Å². The minimum absolute atomic E-state index is 0.432. The maximum absolute atomic E-state index is 5.78. The molecular weight excluding hydrogens is 338 g/mol. The highest BCUT2D eigenvalue weighted by Crippen LogP contribution is 2.28. The van der Waals surface area contributed by atoms with Crippen LogP contribution in [0, 0.1) is 0 Å². The molecule has 0 fully saturated rings. The van der Waals surface area contributed by atoms with Crippen LogP contribution in [0.2, 0.25) is 0 Å². The third kappa shape index (κ3) is 5.22. The van der Waals surface area contributed by atoms with E-state index in [1.807, 2.05) is 72.8 Å². The SMILES string of the molecule is C=CCOc1ccc(C=Nc2ccc(Oc3ccccc3)cc2)cc1OC. The number of aliphatic imine (C=N–C) groups is 1. The van der Waals surface area contributed by atoms with Gasteiger partial charge in [0, 0.05) is 6.21 Å². The van der Waals surface area contributed by atoms with Gasteiger partial charge in [-0.2, -0.15) is 0 Å². The molecule has 0 aromatic heterocycles. The number of hydrogen-bond donors (Lipinski definition) is 0. The summed E-state index contributed by atoms with van der Waals surface area (Å²) in [6.07, 6.45) is 3.48. The van der Waals surface area contributed by atoms with Gasteiger partial charge in [-0.3, -0.25) is 4.99 Å². The Hall–Kier alpha value is -3.53. The Morgan fingerprint density at radius 3 is 2.33 bits per heavy atom. The van der Waals surface area contributed by atoms with Crippen LogP contribution in [0.1, 0.15) is 5.56 Å². The van der Waals surface area contributed by atoms with Crippen molar-refractivity contribution in [3.05, 3.63) is 91.0 Å². The molecule has 0 saturated heterocycles. The topological polar surface area (TPSA) is 40.0 Å². The maximum Gasteiger partial charge on any atom is 0.161 e. The van der Waals surface area contributed by atoms with E-state index in [1.165, 1.54) is 0 Å². The normalized spacial score (nSPS) is 10.6. The molecule has 0 spiro atoms. The van der Waals surface area contributed by atoms with E-state index in [2.05, 4.69) is 11.6 Å². The molecule has 0 N–H and O–H groups in total. The fourth-order valence-corrected chi connectivity index (χ4v) is 2.41. The molecule has 4 nitrogen and oxygen atoms in total. The van der Waals surface area contributed by atoms with Crippen molar-refractivity contribution in [2.75, 3.05) is 13.7 Å². The molecule has 27 heavy (non-hydrogen) atoms. The first-order valence-electron chi connectivity index (χ1n) is 8.57. The average Bonchev–Trinajstić information content (AvgIpc) is 2.72. The molecule has 0 heterocycles. The van der Waals surface area contributed by atoms with E-state index in [4.69, 9.17) is 14.2 Å². The molecule has 0 atom stereocenters. The molecule has 0 bridgehead atoms. The summed E-state index contributed by atoms with van der Waals surface area (Å²) < 4.78 is 16.7. The number of nitrogens with zero attached hydrogens (tertiary/aromatic N) is 1. The maximum atomic E-state index is 5.78. The number of benzene rings is 3. The van der Waals surface area contributed by atoms with E-state index in [-0.39, 0.29) is 0 Å². The van der Waals surface area contributed by atoms with Crippen molar-refractivity contribution in [2.45, 2.75) is 0 Å². The van der Waals surface area contributed by atoms with Crippen LogP contribution in [0.25, 0.3) is 0 Å². The molecule has 4 heteroatoms. The van der Waals surface area contributed by atoms with Crippen LogP contribution in [-0.2, 0) is 0 Å². The van der Waals surface area contributed by atoms with E-state index in [9.17, 15) is 0 Å². The lowest BCUT2D eigenvalue weighted by molar-refractivity contribution is 0.326. The lowest BCUT2D eigenvalue weighted by Gasteiger charge is -2.09. The smallest absolute Gasteiger partial charge is 0.161 e. The number of ether oxygens (including phenoxy) is 3. The largest absolute Gasteiger partial charge is 0.493 e. The summed E-state index contributed by atoms with van der Waals surface area (Å²) in [4.78, 5) is 4.50. The highest BCUT2D eigenvalue weighted by molar-refractivity contribution is 5.83. The van der Waals surface area contributed by atoms with Crippen molar-refractivity contribution >= 4 is 11.9 Å². The summed E-state index contributed by atoms with van der Waals surface area (Å²) in [5.74, 6) is 2.91. The fourth-order valence-electron chi connectivity index (χ4n) is 2.41. The molecule has 0 saturated carbocycles. The van der Waals surface area contributed by atoms with Crippen LogP contribution >= 0.6 is 0 Å². The first kappa shape index (κ1) is 18.3. The minimum Gasteiger partial charge on any atom is -0.493 e. The fraction of sp³-hybridized carbons (Fsp3) is 0.0870. The first-order chi connectivity index (χ1) is 13.3. The predicted molar refractivity (Wildman–Crippen MR) is 109 cm³/mol. The van der Waals surface area contributed by atoms with Crippen LogP contribution in [0.4, 0.5) is 5.69 Å². The summed E-state index contributed by atoms with van der Waals surface area (Å²) in [7, 11) is 1.61. The van der Waals surface area contributed by atoms with Crippen molar-refractivity contribution in [2.24, 2.45) is 4.99 Å². The second-order valence-electron chi connectivity index (χ2n) is 5.68. The zero-order chi connectivity index (χ0) is 18.9. The van der Waals surface area contributed by atoms with E-state index >= 15 is 0 Å². The molecule has 0 aliphatic rings. The lowest BCUT2D eigenvalue weighted by Crippen LogP contribution is -1.97. The van der Waals surface area contributed by atoms with Crippen LogP contribution in [0.5, 0.6) is 23.0 Å². The van der Waals surface area contributed by atoms with E-state index in [0.717, 1.165) is 22.7 Å². The predicted octanol–water partition coefficient (Wildman–Crippen LogP) is 5.80. The Morgan fingerprint density at radius 2 is 1.63 bits per heavy atom. The van der Waals surface area contributed by atoms with Crippen molar-refractivity contribution in [1.29, 1.82) is 0 Å². The third-order valence-electron chi connectivity index (χ3n) is 3.72. The van der Waals surface area contributed by atoms with Crippen LogP contribution < -0.4 is 14.2 Å². The monoisotopic (exact) mass is 359 g/mol. The zero-order valence-electron chi connectivity index (χ0n) is 15.2. The average molecular weight is 359 g/mol. The minimum atomic E-state index is 0.432. The number of para-hydroxylation sites is 1. The van der Waals surface area contributed by atoms with Crippen molar-refractivity contribution in [3.63, 3.8) is 0 Å². The summed E-state index contributed by atoms with van der Waals surface area (Å²) >= 11 is 0. The van der Waals surface area contributed by atoms with Crippen LogP contribution in [0.15, 0.2) is 90.4 Å². The summed E-state index contributed by atoms with van der Waals surface area (Å²) in [6, 6.07) is 23.0. The third-order valence-corrected chi connectivity index (χ3v) is 3.72. The van der Waals surface area contributed by atoms with Gasteiger partial charge in [-0.15, -0.1) is 0 Å². The Balaban J connectivity index is 1.67. The van der Waals surface area contributed by atoms with Gasteiger partial charge in [0.1, 0.15) is 18.1 Å². The van der Waals surface area contributed by atoms with Gasteiger partial charge in [0.2, 0.25) is 0 Å². The van der Waals surface area contributed by atoms with Gasteiger partial charge in [-0.05, 0) is 60.2 Å². The molecule has 3 aromatic carbocycles. The number of hydrogen-bond acceptors (Lipinski definition) is 4. The van der Waals surface area contributed by atoms with Gasteiger partial charge in [0.25, 0.3) is 0 Å². The van der Waals surface area contributed by atoms with Gasteiger partial charge in [0.05, 0.1) is 12.8 Å². The van der Waals surface area contributed by atoms with Gasteiger partial charge < -0.3 is 14.2 Å².